The summed E-state index contributed by atoms with van der Waals surface area (Å²) in [6.45, 7) is 2.57. The first-order valence-corrected chi connectivity index (χ1v) is 15.5. The highest BCUT2D eigenvalue weighted by atomic mass is 32.2. The molecule has 1 unspecified atom stereocenters. The lowest BCUT2D eigenvalue weighted by molar-refractivity contribution is 0.246. The van der Waals surface area contributed by atoms with Crippen LogP contribution in [0.4, 0.5) is 21.9 Å². The molecular weight excluding hydrogens is 526 g/mol. The number of carbonyl (C=O) groups is 1. The lowest BCUT2D eigenvalue weighted by Gasteiger charge is -2.26. The monoisotopic (exact) mass is 557 g/mol. The summed E-state index contributed by atoms with van der Waals surface area (Å²) in [5, 5.41) is 6.00. The van der Waals surface area contributed by atoms with Gasteiger partial charge in [-0.2, -0.15) is 0 Å². The van der Waals surface area contributed by atoms with Crippen LogP contribution in [0.1, 0.15) is 24.5 Å². The molecule has 0 bridgehead atoms. The van der Waals surface area contributed by atoms with Crippen LogP contribution < -0.4 is 26.0 Å². The Morgan fingerprint density at radius 3 is 2.18 bits per heavy atom. The fourth-order valence-electron chi connectivity index (χ4n) is 4.24. The van der Waals surface area contributed by atoms with Gasteiger partial charge in [0.15, 0.2) is 9.84 Å². The van der Waals surface area contributed by atoms with Crippen molar-refractivity contribution in [3.05, 3.63) is 77.9 Å². The van der Waals surface area contributed by atoms with Crippen molar-refractivity contribution in [1.82, 2.24) is 10.0 Å². The lowest BCUT2D eigenvalue weighted by atomic mass is 10.1. The van der Waals surface area contributed by atoms with Crippen molar-refractivity contribution in [3.8, 4) is 0 Å². The van der Waals surface area contributed by atoms with Crippen LogP contribution >= 0.6 is 0 Å². The van der Waals surface area contributed by atoms with Gasteiger partial charge >= 0.3 is 6.03 Å². The molecule has 3 aromatic carbocycles. The molecule has 0 saturated heterocycles. The van der Waals surface area contributed by atoms with Gasteiger partial charge in [-0.05, 0) is 66.4 Å². The molecule has 12 heteroatoms. The van der Waals surface area contributed by atoms with Crippen LogP contribution in [-0.4, -0.2) is 41.8 Å². The quantitative estimate of drug-likeness (QED) is 0.313. The van der Waals surface area contributed by atoms with Gasteiger partial charge in [0.25, 0.3) is 10.0 Å². The second-order valence-corrected chi connectivity index (χ2v) is 12.7. The summed E-state index contributed by atoms with van der Waals surface area (Å²) in [6.07, 6.45) is 2.45. The van der Waals surface area contributed by atoms with Crippen LogP contribution in [0, 0.1) is 0 Å². The summed E-state index contributed by atoms with van der Waals surface area (Å²) >= 11 is 0. The van der Waals surface area contributed by atoms with Gasteiger partial charge in [0, 0.05) is 25.0 Å². The number of carbonyl (C=O) groups excluding carboxylic acids is 1. The molecule has 0 spiro atoms. The molecule has 5 N–H and O–H groups in total. The fraction of sp³-hybridized carbons (Fsp3) is 0.269. The van der Waals surface area contributed by atoms with E-state index >= 15 is 0 Å². The molecule has 3 aromatic rings. The molecule has 10 nitrogen and oxygen atoms in total. The van der Waals surface area contributed by atoms with Crippen LogP contribution in [0.3, 0.4) is 0 Å². The van der Waals surface area contributed by atoms with Gasteiger partial charge < -0.3 is 21.3 Å². The molecule has 0 radical (unpaired) electrons. The number of urea groups is 1. The molecule has 0 aromatic heterocycles. The summed E-state index contributed by atoms with van der Waals surface area (Å²) in [5.41, 5.74) is 9.82. The van der Waals surface area contributed by atoms with Gasteiger partial charge in [-0.15, -0.1) is 0 Å². The van der Waals surface area contributed by atoms with Gasteiger partial charge in [-0.25, -0.2) is 26.4 Å². The zero-order chi connectivity index (χ0) is 27.5. The molecule has 1 atom stereocenters. The van der Waals surface area contributed by atoms with E-state index in [1.54, 1.807) is 30.3 Å². The molecule has 202 valence electrons. The third-order valence-corrected chi connectivity index (χ3v) is 8.74. The number of nitrogens with zero attached hydrogens (tertiary/aromatic N) is 1. The molecule has 0 saturated carbocycles. The van der Waals surface area contributed by atoms with Gasteiger partial charge in [-0.1, -0.05) is 31.2 Å². The van der Waals surface area contributed by atoms with Crippen molar-refractivity contribution in [1.29, 1.82) is 0 Å². The Morgan fingerprint density at radius 2 is 1.58 bits per heavy atom. The Morgan fingerprint density at radius 1 is 0.947 bits per heavy atom. The molecule has 38 heavy (non-hydrogen) atoms. The molecular formula is C26H31N5O5S2. The number of rotatable bonds is 9. The van der Waals surface area contributed by atoms with E-state index in [1.807, 2.05) is 29.0 Å². The van der Waals surface area contributed by atoms with Crippen molar-refractivity contribution in [2.75, 3.05) is 23.0 Å². The summed E-state index contributed by atoms with van der Waals surface area (Å²) in [6, 6.07) is 18.0. The molecule has 4 rings (SSSR count). The summed E-state index contributed by atoms with van der Waals surface area (Å²) in [4.78, 5) is 14.5. The van der Waals surface area contributed by atoms with Crippen LogP contribution in [0.5, 0.6) is 0 Å². The van der Waals surface area contributed by atoms with Gasteiger partial charge in [0.2, 0.25) is 0 Å². The largest absolute Gasteiger partial charge is 0.363 e. The average Bonchev–Trinajstić information content (AvgIpc) is 3.26. The Hall–Kier alpha value is -3.61. The highest BCUT2D eigenvalue weighted by Crippen LogP contribution is 2.42. The predicted molar refractivity (Wildman–Crippen MR) is 148 cm³/mol. The van der Waals surface area contributed by atoms with Crippen molar-refractivity contribution in [2.45, 2.75) is 42.3 Å². The van der Waals surface area contributed by atoms with E-state index in [0.717, 1.165) is 34.6 Å². The average molecular weight is 558 g/mol. The lowest BCUT2D eigenvalue weighted by Crippen LogP contribution is -2.40. The first-order chi connectivity index (χ1) is 18.0. The Bertz CT molecular complexity index is 1520. The van der Waals surface area contributed by atoms with E-state index in [1.165, 1.54) is 18.4 Å². The van der Waals surface area contributed by atoms with Crippen molar-refractivity contribution < 1.29 is 21.6 Å². The summed E-state index contributed by atoms with van der Waals surface area (Å²) in [5.74, 6) is 0. The Kier molecular flexibility index (Phi) is 7.95. The van der Waals surface area contributed by atoms with Crippen LogP contribution in [0.2, 0.25) is 0 Å². The number of hydrogen-bond acceptors (Lipinski definition) is 8. The molecule has 0 fully saturated rings. The van der Waals surface area contributed by atoms with Crippen LogP contribution in [0.15, 0.2) is 76.5 Å². The number of sulfonamides is 1. The first-order valence-electron chi connectivity index (χ1n) is 12.1. The van der Waals surface area contributed by atoms with Gasteiger partial charge in [0.1, 0.15) is 6.17 Å². The van der Waals surface area contributed by atoms with Crippen molar-refractivity contribution in [3.63, 3.8) is 0 Å². The summed E-state index contributed by atoms with van der Waals surface area (Å²) in [7, 11) is -7.34. The predicted octanol–water partition coefficient (Wildman–Crippen LogP) is 3.08. The zero-order valence-corrected chi connectivity index (χ0v) is 22.8. The number of amides is 2. The van der Waals surface area contributed by atoms with E-state index in [2.05, 4.69) is 22.5 Å². The highest BCUT2D eigenvalue weighted by molar-refractivity contribution is 7.90. The number of sulfone groups is 1. The smallest absolute Gasteiger partial charge is 0.328 e. The molecule has 1 aliphatic heterocycles. The van der Waals surface area contributed by atoms with E-state index < -0.39 is 25.9 Å². The minimum Gasteiger partial charge on any atom is -0.363 e. The minimum atomic E-state index is -3.99. The zero-order valence-electron chi connectivity index (χ0n) is 21.1. The highest BCUT2D eigenvalue weighted by Gasteiger charge is 2.29. The SMILES string of the molecule is CCC1Nc2ccc(S(C)(=O)=O)cc2N1c1ccc(CCNC(=O)NS(=O)(=O)c2ccc(CN)cc2)cc1. The maximum Gasteiger partial charge on any atom is 0.328 e. The third-order valence-electron chi connectivity index (χ3n) is 6.29. The number of benzene rings is 3. The van der Waals surface area contributed by atoms with Crippen LogP contribution in [-0.2, 0) is 32.8 Å². The minimum absolute atomic E-state index is 0.0209. The van der Waals surface area contributed by atoms with E-state index in [9.17, 15) is 21.6 Å². The van der Waals surface area contributed by atoms with Gasteiger partial charge in [0.05, 0.1) is 21.2 Å². The maximum absolute atomic E-state index is 12.4. The second kappa shape index (κ2) is 11.0. The number of fused-ring (bicyclic) bond motifs is 1. The van der Waals surface area contributed by atoms with E-state index in [-0.39, 0.29) is 22.5 Å². The standard InChI is InChI=1S/C26H31N5O5S2/c1-3-25-29-23-13-12-22(37(2,33)34)16-24(23)31(25)20-8-4-18(5-9-20)14-15-28-26(32)30-38(35,36)21-10-6-19(17-27)7-11-21/h4-13,16,25,29H,3,14-15,17,27H2,1-2H3,(H2,28,30,32). The number of nitrogens with two attached hydrogens (primary N) is 1. The Balaban J connectivity index is 1.38. The summed E-state index contributed by atoms with van der Waals surface area (Å²) < 4.78 is 51.0. The number of nitrogens with one attached hydrogen (secondary N) is 3. The molecule has 1 heterocycles. The van der Waals surface area contributed by atoms with Gasteiger partial charge in [-0.3, -0.25) is 0 Å². The van der Waals surface area contributed by atoms with Crippen LogP contribution in [0.25, 0.3) is 0 Å². The fourth-order valence-corrected chi connectivity index (χ4v) is 5.81. The molecule has 1 aliphatic rings. The van der Waals surface area contributed by atoms with Crippen molar-refractivity contribution in [2.24, 2.45) is 5.73 Å². The van der Waals surface area contributed by atoms with E-state index in [0.29, 0.717) is 13.0 Å². The molecule has 0 aliphatic carbocycles. The molecule has 2 amide bonds. The maximum atomic E-state index is 12.4. The second-order valence-electron chi connectivity index (χ2n) is 9.02. The first kappa shape index (κ1) is 27.4. The Labute approximate surface area is 223 Å². The number of anilines is 3. The van der Waals surface area contributed by atoms with Crippen molar-refractivity contribution >= 4 is 43.0 Å². The number of hydrogen-bond donors (Lipinski definition) is 4. The van der Waals surface area contributed by atoms with E-state index in [4.69, 9.17) is 5.73 Å². The topological polar surface area (TPSA) is 151 Å². The third kappa shape index (κ3) is 6.09. The normalized spacial score (nSPS) is 15.0.